The third-order valence-corrected chi connectivity index (χ3v) is 4.52. The second-order valence-electron chi connectivity index (χ2n) is 6.99. The Kier molecular flexibility index (Phi) is 7.53. The van der Waals surface area contributed by atoms with Crippen LogP contribution in [0, 0.1) is 6.92 Å². The van der Waals surface area contributed by atoms with Crippen LogP contribution in [0.25, 0.3) is 11.4 Å². The maximum atomic E-state index is 12.5. The molecule has 1 aromatic heterocycles. The summed E-state index contributed by atoms with van der Waals surface area (Å²) < 4.78 is 11.0. The molecule has 1 heterocycles. The number of amides is 1. The van der Waals surface area contributed by atoms with E-state index in [-0.39, 0.29) is 12.5 Å². The molecule has 2 aromatic carbocycles. The lowest BCUT2D eigenvalue weighted by atomic mass is 10.1. The molecule has 0 saturated carbocycles. The van der Waals surface area contributed by atoms with E-state index < -0.39 is 0 Å². The van der Waals surface area contributed by atoms with Gasteiger partial charge in [0.15, 0.2) is 0 Å². The second kappa shape index (κ2) is 10.5. The Labute approximate surface area is 171 Å². The fraction of sp³-hybridized carbons (Fsp3) is 0.348. The van der Waals surface area contributed by atoms with E-state index in [0.29, 0.717) is 37.8 Å². The molecule has 152 valence electrons. The van der Waals surface area contributed by atoms with E-state index in [2.05, 4.69) is 10.1 Å². The molecule has 0 radical (unpaired) electrons. The number of carbonyl (C=O) groups excluding carboxylic acids is 1. The highest BCUT2D eigenvalue weighted by atomic mass is 16.5. The van der Waals surface area contributed by atoms with Crippen molar-refractivity contribution in [2.24, 2.45) is 0 Å². The van der Waals surface area contributed by atoms with Gasteiger partial charge in [0.2, 0.25) is 17.6 Å². The predicted molar refractivity (Wildman–Crippen MR) is 111 cm³/mol. The molecule has 0 saturated heterocycles. The topological polar surface area (TPSA) is 68.5 Å². The average molecular weight is 393 g/mol. The van der Waals surface area contributed by atoms with Crippen LogP contribution in [0.15, 0.2) is 59.1 Å². The van der Waals surface area contributed by atoms with Crippen molar-refractivity contribution in [2.45, 2.75) is 33.3 Å². The summed E-state index contributed by atoms with van der Waals surface area (Å²) >= 11 is 0. The Hall–Kier alpha value is -2.99. The number of aromatic nitrogens is 2. The molecule has 0 atom stereocenters. The van der Waals surface area contributed by atoms with Gasteiger partial charge in [-0.1, -0.05) is 66.2 Å². The Morgan fingerprint density at radius 1 is 1.10 bits per heavy atom. The summed E-state index contributed by atoms with van der Waals surface area (Å²) in [6.07, 6.45) is 1.39. The minimum absolute atomic E-state index is 0.0267. The summed E-state index contributed by atoms with van der Waals surface area (Å²) in [6.45, 7) is 5.76. The molecule has 29 heavy (non-hydrogen) atoms. The van der Waals surface area contributed by atoms with Crippen molar-refractivity contribution in [1.82, 2.24) is 15.0 Å². The van der Waals surface area contributed by atoms with Gasteiger partial charge in [0.05, 0.1) is 6.61 Å². The highest BCUT2D eigenvalue weighted by molar-refractivity contribution is 5.77. The largest absolute Gasteiger partial charge is 0.367 e. The molecule has 0 aliphatic carbocycles. The highest BCUT2D eigenvalue weighted by Gasteiger charge is 2.15. The Balaban J connectivity index is 1.51. The van der Waals surface area contributed by atoms with Crippen LogP contribution < -0.4 is 0 Å². The molecular weight excluding hydrogens is 366 g/mol. The van der Waals surface area contributed by atoms with Crippen LogP contribution in [-0.2, 0) is 22.6 Å². The van der Waals surface area contributed by atoms with Crippen LogP contribution >= 0.6 is 0 Å². The molecule has 6 heteroatoms. The Morgan fingerprint density at radius 3 is 2.69 bits per heavy atom. The number of nitrogens with zero attached hydrogens (tertiary/aromatic N) is 3. The van der Waals surface area contributed by atoms with Crippen molar-refractivity contribution in [3.8, 4) is 11.4 Å². The van der Waals surface area contributed by atoms with E-state index in [9.17, 15) is 4.79 Å². The molecule has 6 nitrogen and oxygen atoms in total. The standard InChI is InChI=1S/C23H27N3O3/c1-3-13-26(22(27)17-28-16-19-9-5-4-6-10-19)14-12-21-24-23(25-29-21)20-11-7-8-18(2)15-20/h4-11,15H,3,12-14,16-17H2,1-2H3. The normalized spacial score (nSPS) is 10.8. The fourth-order valence-electron chi connectivity index (χ4n) is 3.04. The summed E-state index contributed by atoms with van der Waals surface area (Å²) in [4.78, 5) is 18.8. The molecule has 0 aliphatic heterocycles. The van der Waals surface area contributed by atoms with Crippen LogP contribution in [0.5, 0.6) is 0 Å². The molecule has 0 spiro atoms. The maximum absolute atomic E-state index is 12.5. The molecule has 1 amide bonds. The van der Waals surface area contributed by atoms with Gasteiger partial charge in [-0.3, -0.25) is 4.79 Å². The van der Waals surface area contributed by atoms with Gasteiger partial charge >= 0.3 is 0 Å². The van der Waals surface area contributed by atoms with Gasteiger partial charge in [-0.15, -0.1) is 0 Å². The van der Waals surface area contributed by atoms with Crippen LogP contribution in [0.3, 0.4) is 0 Å². The molecule has 0 fully saturated rings. The lowest BCUT2D eigenvalue weighted by Crippen LogP contribution is -2.36. The van der Waals surface area contributed by atoms with Crippen LogP contribution in [0.1, 0.15) is 30.4 Å². The van der Waals surface area contributed by atoms with E-state index in [1.54, 1.807) is 4.90 Å². The maximum Gasteiger partial charge on any atom is 0.248 e. The smallest absolute Gasteiger partial charge is 0.248 e. The first kappa shape index (κ1) is 20.7. The lowest BCUT2D eigenvalue weighted by molar-refractivity contribution is -0.136. The van der Waals surface area contributed by atoms with Crippen molar-refractivity contribution in [3.63, 3.8) is 0 Å². The first-order chi connectivity index (χ1) is 14.2. The number of aryl methyl sites for hydroxylation is 1. The highest BCUT2D eigenvalue weighted by Crippen LogP contribution is 2.17. The first-order valence-corrected chi connectivity index (χ1v) is 9.94. The second-order valence-corrected chi connectivity index (χ2v) is 6.99. The predicted octanol–water partition coefficient (Wildman–Crippen LogP) is 4.04. The third kappa shape index (κ3) is 6.26. The van der Waals surface area contributed by atoms with Crippen molar-refractivity contribution in [1.29, 1.82) is 0 Å². The first-order valence-electron chi connectivity index (χ1n) is 9.94. The molecule has 3 aromatic rings. The monoisotopic (exact) mass is 393 g/mol. The summed E-state index contributed by atoms with van der Waals surface area (Å²) in [5.41, 5.74) is 3.12. The zero-order chi connectivity index (χ0) is 20.5. The van der Waals surface area contributed by atoms with E-state index in [1.165, 1.54) is 0 Å². The van der Waals surface area contributed by atoms with Gasteiger partial charge in [0.1, 0.15) is 6.61 Å². The minimum Gasteiger partial charge on any atom is -0.367 e. The van der Waals surface area contributed by atoms with Crippen LogP contribution in [0.2, 0.25) is 0 Å². The van der Waals surface area contributed by atoms with E-state index >= 15 is 0 Å². The molecule has 0 aliphatic rings. The van der Waals surface area contributed by atoms with E-state index in [1.807, 2.05) is 68.4 Å². The van der Waals surface area contributed by atoms with Crippen molar-refractivity contribution in [2.75, 3.05) is 19.7 Å². The summed E-state index contributed by atoms with van der Waals surface area (Å²) in [7, 11) is 0. The zero-order valence-corrected chi connectivity index (χ0v) is 17.0. The number of carbonyl (C=O) groups is 1. The van der Waals surface area contributed by atoms with Crippen molar-refractivity contribution >= 4 is 5.91 Å². The fourth-order valence-corrected chi connectivity index (χ4v) is 3.04. The van der Waals surface area contributed by atoms with E-state index in [0.717, 1.165) is 23.1 Å². The van der Waals surface area contributed by atoms with Gasteiger partial charge in [0.25, 0.3) is 0 Å². The average Bonchev–Trinajstić information content (AvgIpc) is 3.21. The molecule has 0 bridgehead atoms. The van der Waals surface area contributed by atoms with Crippen LogP contribution in [-0.4, -0.2) is 40.6 Å². The number of ether oxygens (including phenoxy) is 1. The lowest BCUT2D eigenvalue weighted by Gasteiger charge is -2.21. The molecule has 3 rings (SSSR count). The van der Waals surface area contributed by atoms with Crippen molar-refractivity contribution in [3.05, 3.63) is 71.6 Å². The Bertz CT molecular complexity index is 908. The van der Waals surface area contributed by atoms with Crippen molar-refractivity contribution < 1.29 is 14.1 Å². The summed E-state index contributed by atoms with van der Waals surface area (Å²) in [6, 6.07) is 17.8. The number of rotatable bonds is 10. The third-order valence-electron chi connectivity index (χ3n) is 4.52. The number of benzene rings is 2. The van der Waals surface area contributed by atoms with E-state index in [4.69, 9.17) is 9.26 Å². The number of hydrogen-bond acceptors (Lipinski definition) is 5. The van der Waals surface area contributed by atoms with Gasteiger partial charge in [-0.05, 0) is 25.0 Å². The molecule has 0 unspecified atom stereocenters. The summed E-state index contributed by atoms with van der Waals surface area (Å²) in [5, 5.41) is 4.07. The number of hydrogen-bond donors (Lipinski definition) is 0. The van der Waals surface area contributed by atoms with Gasteiger partial charge < -0.3 is 14.2 Å². The van der Waals surface area contributed by atoms with Gasteiger partial charge in [0, 0.05) is 25.1 Å². The van der Waals surface area contributed by atoms with Gasteiger partial charge in [-0.25, -0.2) is 0 Å². The zero-order valence-electron chi connectivity index (χ0n) is 17.0. The quantitative estimate of drug-likeness (QED) is 0.520. The minimum atomic E-state index is -0.0267. The SMILES string of the molecule is CCCN(CCc1nc(-c2cccc(C)c2)no1)C(=O)COCc1ccccc1. The Morgan fingerprint density at radius 2 is 1.93 bits per heavy atom. The molecular formula is C23H27N3O3. The van der Waals surface area contributed by atoms with Crippen LogP contribution in [0.4, 0.5) is 0 Å². The molecule has 0 N–H and O–H groups in total. The summed E-state index contributed by atoms with van der Waals surface area (Å²) in [5.74, 6) is 1.07. The van der Waals surface area contributed by atoms with Gasteiger partial charge in [-0.2, -0.15) is 4.98 Å².